The molecule has 2 fully saturated rings. The van der Waals surface area contributed by atoms with E-state index in [0.29, 0.717) is 43.5 Å². The van der Waals surface area contributed by atoms with Gasteiger partial charge in [0.15, 0.2) is 6.29 Å². The molecular weight excluding hydrogens is 608 g/mol. The van der Waals surface area contributed by atoms with Crippen LogP contribution in [0.2, 0.25) is 5.02 Å². The second-order valence-electron chi connectivity index (χ2n) is 12.2. The smallest absolute Gasteiger partial charge is 0.187 e. The van der Waals surface area contributed by atoms with Crippen molar-refractivity contribution in [1.29, 1.82) is 0 Å². The van der Waals surface area contributed by atoms with Crippen molar-refractivity contribution in [2.75, 3.05) is 6.61 Å². The minimum Gasteiger partial charge on any atom is -0.394 e. The van der Waals surface area contributed by atoms with Crippen molar-refractivity contribution in [3.8, 4) is 0 Å². The van der Waals surface area contributed by atoms with E-state index in [-0.39, 0.29) is 5.78 Å². The van der Waals surface area contributed by atoms with Crippen molar-refractivity contribution in [3.05, 3.63) is 58.5 Å². The average Bonchev–Trinajstić information content (AvgIpc) is 3.42. The van der Waals surface area contributed by atoms with Crippen molar-refractivity contribution in [1.82, 2.24) is 0 Å². The summed E-state index contributed by atoms with van der Waals surface area (Å²) in [4.78, 5) is 25.4. The first-order chi connectivity index (χ1) is 21.0. The average molecular weight is 651 g/mol. The van der Waals surface area contributed by atoms with Crippen molar-refractivity contribution in [3.63, 3.8) is 0 Å². The molecule has 1 aliphatic heterocycles. The Balaban J connectivity index is 1.53. The Kier molecular flexibility index (Phi) is 12.3. The van der Waals surface area contributed by atoms with Crippen LogP contribution in [0, 0.1) is 17.3 Å². The second-order valence-corrected chi connectivity index (χ2v) is 13.7. The number of thiophene rings is 1. The van der Waals surface area contributed by atoms with Crippen LogP contribution in [0.1, 0.15) is 50.8 Å². The summed E-state index contributed by atoms with van der Waals surface area (Å²) < 4.78 is 12.9. The molecule has 0 amide bonds. The van der Waals surface area contributed by atoms with Crippen LogP contribution in [-0.2, 0) is 25.5 Å². The third-order valence-electron chi connectivity index (χ3n) is 8.70. The Morgan fingerprint density at radius 1 is 1.11 bits per heavy atom. The number of Topliss-reactive ketones (excluding diaryl/α,β-unsaturated/α-hetero) is 1. The lowest BCUT2D eigenvalue weighted by atomic mass is 9.86. The summed E-state index contributed by atoms with van der Waals surface area (Å²) in [5, 5.41) is 53.4. The SMILES string of the molecule is CC1(C)C(=O)[C@H](C/C=C\CCCC=O)[C@@H](/C=C/C(O)CCc2sc3ccccc3c2Cl)[C@@H]1OC1O[C@H](CO)[C@@H](O)[C@H](O)[C@H]1O. The molecule has 1 aromatic carbocycles. The third kappa shape index (κ3) is 7.68. The van der Waals surface area contributed by atoms with Gasteiger partial charge in [0.1, 0.15) is 36.5 Å². The van der Waals surface area contributed by atoms with Crippen LogP contribution in [0.3, 0.4) is 0 Å². The maximum atomic E-state index is 13.7. The number of hydrogen-bond acceptors (Lipinski definition) is 10. The lowest BCUT2D eigenvalue weighted by Gasteiger charge is -2.42. The zero-order valence-electron chi connectivity index (χ0n) is 25.0. The van der Waals surface area contributed by atoms with Gasteiger partial charge < -0.3 is 39.8 Å². The Morgan fingerprint density at radius 3 is 2.57 bits per heavy atom. The molecule has 0 bridgehead atoms. The van der Waals surface area contributed by atoms with E-state index in [0.717, 1.165) is 21.2 Å². The molecule has 11 heteroatoms. The molecule has 2 unspecified atom stereocenters. The van der Waals surface area contributed by atoms with Crippen LogP contribution in [0.4, 0.5) is 0 Å². The highest BCUT2D eigenvalue weighted by atomic mass is 35.5. The van der Waals surface area contributed by atoms with E-state index in [9.17, 15) is 35.1 Å². The quantitative estimate of drug-likeness (QED) is 0.117. The topological polar surface area (TPSA) is 154 Å². The van der Waals surface area contributed by atoms with Crippen LogP contribution in [0.15, 0.2) is 48.6 Å². The number of carbonyl (C=O) groups is 2. The van der Waals surface area contributed by atoms with E-state index in [4.69, 9.17) is 21.1 Å². The predicted octanol–water partition coefficient (Wildman–Crippen LogP) is 3.75. The molecule has 9 atom stereocenters. The lowest BCUT2D eigenvalue weighted by Crippen LogP contribution is -2.60. The fraction of sp³-hybridized carbons (Fsp3) is 0.576. The zero-order chi connectivity index (χ0) is 32.0. The van der Waals surface area contributed by atoms with Gasteiger partial charge >= 0.3 is 0 Å². The Bertz CT molecular complexity index is 1320. The molecule has 9 nitrogen and oxygen atoms in total. The zero-order valence-corrected chi connectivity index (χ0v) is 26.6. The van der Waals surface area contributed by atoms with Gasteiger partial charge in [0.25, 0.3) is 0 Å². The minimum atomic E-state index is -1.62. The van der Waals surface area contributed by atoms with Crippen molar-refractivity contribution in [2.24, 2.45) is 17.3 Å². The van der Waals surface area contributed by atoms with Gasteiger partial charge in [-0.05, 0) is 38.2 Å². The fourth-order valence-corrected chi connectivity index (χ4v) is 7.65. The van der Waals surface area contributed by atoms with Crippen LogP contribution in [0.25, 0.3) is 10.1 Å². The molecule has 44 heavy (non-hydrogen) atoms. The number of ether oxygens (including phenoxy) is 2. The van der Waals surface area contributed by atoms with Gasteiger partial charge in [-0.2, -0.15) is 0 Å². The van der Waals surface area contributed by atoms with E-state index in [1.165, 1.54) is 0 Å². The Labute approximate surface area is 266 Å². The molecule has 1 saturated heterocycles. The second kappa shape index (κ2) is 15.5. The fourth-order valence-electron chi connectivity index (χ4n) is 6.11. The van der Waals surface area contributed by atoms with Gasteiger partial charge in [0.05, 0.1) is 29.3 Å². The number of hydrogen-bond donors (Lipinski definition) is 5. The van der Waals surface area contributed by atoms with E-state index >= 15 is 0 Å². The maximum absolute atomic E-state index is 13.7. The number of allylic oxidation sites excluding steroid dienone is 2. The van der Waals surface area contributed by atoms with Crippen molar-refractivity contribution >= 4 is 45.1 Å². The van der Waals surface area contributed by atoms with Crippen LogP contribution in [-0.4, -0.2) is 87.1 Å². The molecule has 2 aliphatic rings. The number of aliphatic hydroxyl groups excluding tert-OH is 5. The number of ketones is 1. The number of aldehydes is 1. The van der Waals surface area contributed by atoms with E-state index < -0.39 is 66.8 Å². The molecule has 2 heterocycles. The number of rotatable bonds is 14. The number of carbonyl (C=O) groups excluding carboxylic acids is 2. The summed E-state index contributed by atoms with van der Waals surface area (Å²) in [6.45, 7) is 2.89. The Morgan fingerprint density at radius 2 is 1.86 bits per heavy atom. The van der Waals surface area contributed by atoms with Crippen molar-refractivity contribution in [2.45, 2.75) is 95.3 Å². The number of aryl methyl sites for hydroxylation is 1. The van der Waals surface area contributed by atoms with E-state index in [2.05, 4.69) is 0 Å². The van der Waals surface area contributed by atoms with Gasteiger partial charge in [-0.3, -0.25) is 4.79 Å². The van der Waals surface area contributed by atoms with Crippen LogP contribution in [0.5, 0.6) is 0 Å². The molecular formula is C33H43ClO9S. The van der Waals surface area contributed by atoms with Gasteiger partial charge in [-0.1, -0.05) is 68.0 Å². The summed E-state index contributed by atoms with van der Waals surface area (Å²) in [5.41, 5.74) is -1.03. The largest absolute Gasteiger partial charge is 0.394 e. The molecule has 1 aliphatic carbocycles. The molecule has 5 N–H and O–H groups in total. The summed E-state index contributed by atoms with van der Waals surface area (Å²) >= 11 is 8.19. The highest BCUT2D eigenvalue weighted by Crippen LogP contribution is 2.48. The van der Waals surface area contributed by atoms with E-state index in [1.807, 2.05) is 36.4 Å². The first kappa shape index (κ1) is 34.9. The van der Waals surface area contributed by atoms with Gasteiger partial charge in [-0.15, -0.1) is 11.3 Å². The van der Waals surface area contributed by atoms with Gasteiger partial charge in [-0.25, -0.2) is 0 Å². The van der Waals surface area contributed by atoms with Crippen molar-refractivity contribution < 1.29 is 44.6 Å². The third-order valence-corrected chi connectivity index (χ3v) is 10.5. The standard InChI is InChI=1S/C33H43ClO9S/c1-33(2)30(41)20(10-6-4-3-5-9-17-35)21(31(33)43-32-29(40)28(39)27(38)23(18-36)42-32)15-13-19(37)14-16-25-26(34)22-11-7-8-12-24(22)44-25/h4,6-8,11-13,15,17,19-21,23,27-29,31-32,36-40H,3,5,9-10,14,16,18H2,1-2H3/b6-4-,15-13+/t19?,20-,21-,23-,27-,28+,29-,31+,32?/m1/s1. The first-order valence-corrected chi connectivity index (χ1v) is 16.3. The number of unbranched alkanes of at least 4 members (excludes halogenated alkanes) is 2. The number of halogens is 1. The maximum Gasteiger partial charge on any atom is 0.187 e. The Hall–Kier alpha value is -1.99. The van der Waals surface area contributed by atoms with Gasteiger partial charge in [0, 0.05) is 33.2 Å². The van der Waals surface area contributed by atoms with E-state index in [1.54, 1.807) is 37.3 Å². The van der Waals surface area contributed by atoms with Gasteiger partial charge in [0.2, 0.25) is 0 Å². The summed E-state index contributed by atoms with van der Waals surface area (Å²) in [6, 6.07) is 7.88. The highest BCUT2D eigenvalue weighted by molar-refractivity contribution is 7.19. The normalized spacial score (nSPS) is 31.4. The monoisotopic (exact) mass is 650 g/mol. The molecule has 0 spiro atoms. The predicted molar refractivity (Wildman–Crippen MR) is 168 cm³/mol. The number of fused-ring (bicyclic) bond motifs is 1. The van der Waals surface area contributed by atoms with Crippen LogP contribution >= 0.6 is 22.9 Å². The number of aliphatic hydroxyl groups is 5. The highest BCUT2D eigenvalue weighted by Gasteiger charge is 2.56. The first-order valence-electron chi connectivity index (χ1n) is 15.1. The lowest BCUT2D eigenvalue weighted by molar-refractivity contribution is -0.318. The summed E-state index contributed by atoms with van der Waals surface area (Å²) in [6.07, 6.45) is 2.46. The molecule has 1 saturated carbocycles. The molecule has 1 aromatic heterocycles. The summed E-state index contributed by atoms with van der Waals surface area (Å²) in [7, 11) is 0. The summed E-state index contributed by atoms with van der Waals surface area (Å²) in [5.74, 6) is -1.10. The molecule has 2 aromatic rings. The molecule has 0 radical (unpaired) electrons. The number of benzene rings is 1. The van der Waals surface area contributed by atoms with Crippen LogP contribution < -0.4 is 0 Å². The molecule has 242 valence electrons. The molecule has 4 rings (SSSR count). The minimum absolute atomic E-state index is 0.0640.